The van der Waals surface area contributed by atoms with Crippen LogP contribution in [0.5, 0.6) is 0 Å². The van der Waals surface area contributed by atoms with Crippen molar-refractivity contribution < 1.29 is 19.4 Å². The van der Waals surface area contributed by atoms with E-state index in [1.807, 2.05) is 30.3 Å². The summed E-state index contributed by atoms with van der Waals surface area (Å²) < 4.78 is 12.4. The van der Waals surface area contributed by atoms with Crippen molar-refractivity contribution in [2.75, 3.05) is 12.7 Å². The molecular weight excluding hydrogens is 277 g/mol. The number of rotatable bonds is 6. The zero-order chi connectivity index (χ0) is 14.6. The van der Waals surface area contributed by atoms with Crippen molar-refractivity contribution >= 4 is 13.3 Å². The van der Waals surface area contributed by atoms with Crippen LogP contribution in [0, 0.1) is 5.92 Å². The van der Waals surface area contributed by atoms with Crippen LogP contribution in [0.1, 0.15) is 18.4 Å². The van der Waals surface area contributed by atoms with Crippen molar-refractivity contribution in [1.82, 2.24) is 5.32 Å². The van der Waals surface area contributed by atoms with E-state index in [1.165, 1.54) is 0 Å². The number of hydrogen-bond donors (Lipinski definition) is 3. The summed E-state index contributed by atoms with van der Waals surface area (Å²) in [5.74, 6) is -2.28. The molecule has 1 heterocycles. The molecule has 1 aliphatic rings. The first-order chi connectivity index (χ1) is 9.49. The second-order valence-corrected chi connectivity index (χ2v) is 7.77. The minimum atomic E-state index is -3.48. The van der Waals surface area contributed by atoms with Crippen molar-refractivity contribution in [3.05, 3.63) is 35.9 Å². The molecule has 1 aliphatic heterocycles. The predicted octanol–water partition coefficient (Wildman–Crippen LogP) is 1.91. The summed E-state index contributed by atoms with van der Waals surface area (Å²) in [7, 11) is -3.48. The molecule has 1 aromatic rings. The summed E-state index contributed by atoms with van der Waals surface area (Å²) in [6.07, 6.45) is 1.62. The zero-order valence-corrected chi connectivity index (χ0v) is 12.1. The van der Waals surface area contributed by atoms with Gasteiger partial charge in [-0.05, 0) is 31.4 Å². The molecule has 1 aromatic carbocycles. The lowest BCUT2D eigenvalue weighted by atomic mass is 10.0. The Morgan fingerprint density at radius 1 is 1.40 bits per heavy atom. The molecule has 0 saturated carbocycles. The van der Waals surface area contributed by atoms with Crippen molar-refractivity contribution in [2.24, 2.45) is 5.92 Å². The summed E-state index contributed by atoms with van der Waals surface area (Å²) in [6, 6.07) is 9.22. The van der Waals surface area contributed by atoms with Gasteiger partial charge in [0.2, 0.25) is 7.37 Å². The molecule has 3 N–H and O–H groups in total. The molecule has 0 bridgehead atoms. The third-order valence-electron chi connectivity index (χ3n) is 3.68. The maximum atomic E-state index is 12.4. The molecule has 0 spiro atoms. The van der Waals surface area contributed by atoms with Crippen molar-refractivity contribution in [3.63, 3.8) is 0 Å². The molecule has 6 heteroatoms. The van der Waals surface area contributed by atoms with Gasteiger partial charge in [0.1, 0.15) is 0 Å². The molecule has 5 nitrogen and oxygen atoms in total. The van der Waals surface area contributed by atoms with Gasteiger partial charge in [-0.15, -0.1) is 0 Å². The third kappa shape index (κ3) is 3.92. The van der Waals surface area contributed by atoms with Crippen LogP contribution in [-0.2, 0) is 15.8 Å². The van der Waals surface area contributed by atoms with Gasteiger partial charge in [-0.1, -0.05) is 30.3 Å². The van der Waals surface area contributed by atoms with Gasteiger partial charge in [-0.25, -0.2) is 0 Å². The Balaban J connectivity index is 2.05. The first kappa shape index (κ1) is 15.2. The summed E-state index contributed by atoms with van der Waals surface area (Å²) in [5, 5.41) is 12.3. The van der Waals surface area contributed by atoms with E-state index < -0.39 is 25.0 Å². The molecule has 20 heavy (non-hydrogen) atoms. The Hall–Kier alpha value is -1.16. The normalized spacial score (nSPS) is 23.1. The van der Waals surface area contributed by atoms with E-state index in [9.17, 15) is 19.4 Å². The van der Waals surface area contributed by atoms with E-state index in [2.05, 4.69) is 5.32 Å². The fourth-order valence-electron chi connectivity index (χ4n) is 2.58. The van der Waals surface area contributed by atoms with Crippen LogP contribution in [0.25, 0.3) is 0 Å². The highest BCUT2D eigenvalue weighted by molar-refractivity contribution is 7.58. The van der Waals surface area contributed by atoms with Crippen LogP contribution >= 0.6 is 7.37 Å². The lowest BCUT2D eigenvalue weighted by molar-refractivity contribution is -0.141. The lowest BCUT2D eigenvalue weighted by Crippen LogP contribution is -2.28. The van der Waals surface area contributed by atoms with E-state index >= 15 is 0 Å². The third-order valence-corrected chi connectivity index (χ3v) is 6.06. The molecule has 1 saturated heterocycles. The van der Waals surface area contributed by atoms with Crippen LogP contribution in [0.3, 0.4) is 0 Å². The molecule has 1 unspecified atom stereocenters. The fourth-order valence-corrected chi connectivity index (χ4v) is 4.75. The Labute approximate surface area is 118 Å². The number of carboxylic acid groups (broad SMARTS) is 1. The number of nitrogens with one attached hydrogen (secondary N) is 1. The molecule has 0 aliphatic carbocycles. The summed E-state index contributed by atoms with van der Waals surface area (Å²) in [6.45, 7) is 0.728. The number of carbonyl (C=O) groups is 1. The van der Waals surface area contributed by atoms with Crippen molar-refractivity contribution in [3.8, 4) is 0 Å². The predicted molar refractivity (Wildman–Crippen MR) is 77.0 cm³/mol. The highest BCUT2D eigenvalue weighted by Gasteiger charge is 2.37. The van der Waals surface area contributed by atoms with Crippen LogP contribution in [0.4, 0.5) is 0 Å². The topological polar surface area (TPSA) is 86.6 Å². The second kappa shape index (κ2) is 6.53. The van der Waals surface area contributed by atoms with E-state index in [0.29, 0.717) is 6.42 Å². The standard InChI is InChI=1S/C14H20NO4P/c16-14(17)12(9-11-5-2-1-3-6-11)10-20(18,19)13-7-4-8-15-13/h1-3,5-6,12-13,15H,4,7-10H2,(H,16,17)(H,18,19)/t12-,13+/m1/s1. The van der Waals surface area contributed by atoms with E-state index in [1.54, 1.807) is 0 Å². The fraction of sp³-hybridized carbons (Fsp3) is 0.500. The summed E-state index contributed by atoms with van der Waals surface area (Å²) in [5.41, 5.74) is 0.874. The van der Waals surface area contributed by atoms with Gasteiger partial charge >= 0.3 is 5.97 Å². The van der Waals surface area contributed by atoms with Gasteiger partial charge in [-0.3, -0.25) is 9.36 Å². The highest BCUT2D eigenvalue weighted by Crippen LogP contribution is 2.50. The Bertz CT molecular complexity index is 499. The Morgan fingerprint density at radius 3 is 2.65 bits per heavy atom. The second-order valence-electron chi connectivity index (χ2n) is 5.28. The number of aliphatic carboxylic acids is 1. The smallest absolute Gasteiger partial charge is 0.307 e. The SMILES string of the molecule is O=C(O)[C@H](Cc1ccccc1)CP(=O)(O)[C@H]1CCCN1. The van der Waals surface area contributed by atoms with Crippen molar-refractivity contribution in [1.29, 1.82) is 0 Å². The average Bonchev–Trinajstić information content (AvgIpc) is 2.93. The van der Waals surface area contributed by atoms with E-state index in [-0.39, 0.29) is 12.6 Å². The monoisotopic (exact) mass is 297 g/mol. The number of carboxylic acids is 1. The average molecular weight is 297 g/mol. The molecule has 0 radical (unpaired) electrons. The minimum Gasteiger partial charge on any atom is -0.481 e. The zero-order valence-electron chi connectivity index (χ0n) is 11.2. The largest absolute Gasteiger partial charge is 0.481 e. The van der Waals surface area contributed by atoms with E-state index in [0.717, 1.165) is 18.5 Å². The van der Waals surface area contributed by atoms with E-state index in [4.69, 9.17) is 0 Å². The molecule has 1 fully saturated rings. The first-order valence-electron chi connectivity index (χ1n) is 6.80. The summed E-state index contributed by atoms with van der Waals surface area (Å²) >= 11 is 0. The highest BCUT2D eigenvalue weighted by atomic mass is 31.2. The van der Waals surface area contributed by atoms with Crippen LogP contribution in [0.2, 0.25) is 0 Å². The maximum Gasteiger partial charge on any atom is 0.307 e. The minimum absolute atomic E-state index is 0.172. The molecular formula is C14H20NO4P. The molecule has 2 rings (SSSR count). The quantitative estimate of drug-likeness (QED) is 0.698. The van der Waals surface area contributed by atoms with Gasteiger partial charge in [-0.2, -0.15) is 0 Å². The van der Waals surface area contributed by atoms with Gasteiger partial charge in [0, 0.05) is 6.16 Å². The number of hydrogen-bond acceptors (Lipinski definition) is 3. The van der Waals surface area contributed by atoms with Crippen LogP contribution < -0.4 is 5.32 Å². The van der Waals surface area contributed by atoms with Crippen molar-refractivity contribution in [2.45, 2.75) is 25.0 Å². The lowest BCUT2D eigenvalue weighted by Gasteiger charge is -2.22. The molecule has 3 atom stereocenters. The van der Waals surface area contributed by atoms with Crippen LogP contribution in [-0.4, -0.2) is 34.5 Å². The molecule has 0 aromatic heterocycles. The summed E-state index contributed by atoms with van der Waals surface area (Å²) in [4.78, 5) is 21.5. The maximum absolute atomic E-state index is 12.4. The van der Waals surface area contributed by atoms with Crippen LogP contribution in [0.15, 0.2) is 30.3 Å². The Kier molecular flexibility index (Phi) is 4.97. The Morgan fingerprint density at radius 2 is 2.10 bits per heavy atom. The van der Waals surface area contributed by atoms with Gasteiger partial charge < -0.3 is 15.3 Å². The molecule has 0 amide bonds. The molecule has 110 valence electrons. The number of benzene rings is 1. The van der Waals surface area contributed by atoms with Gasteiger partial charge in [0.05, 0.1) is 11.7 Å². The van der Waals surface area contributed by atoms with Gasteiger partial charge in [0.15, 0.2) is 0 Å². The first-order valence-corrected chi connectivity index (χ1v) is 8.72. The van der Waals surface area contributed by atoms with Gasteiger partial charge in [0.25, 0.3) is 0 Å².